The van der Waals surface area contributed by atoms with E-state index in [1.165, 1.54) is 4.31 Å². The van der Waals surface area contributed by atoms with Crippen molar-refractivity contribution in [2.45, 2.75) is 38.1 Å². The molecule has 5 nitrogen and oxygen atoms in total. The van der Waals surface area contributed by atoms with E-state index in [1.807, 2.05) is 49.4 Å². The minimum absolute atomic E-state index is 0.162. The number of amides is 1. The molecule has 0 aliphatic carbocycles. The van der Waals surface area contributed by atoms with Crippen LogP contribution in [0, 0.1) is 6.92 Å². The molecular weight excluding hydrogens is 420 g/mol. The Kier molecular flexibility index (Phi) is 7.36. The normalized spacial score (nSPS) is 11.4. The molecule has 0 atom stereocenters. The molecular formula is C26H30N2O3S. The van der Waals surface area contributed by atoms with Crippen LogP contribution in [-0.2, 0) is 21.4 Å². The zero-order chi connectivity index (χ0) is 23.3. The van der Waals surface area contributed by atoms with Crippen molar-refractivity contribution >= 4 is 21.6 Å². The summed E-state index contributed by atoms with van der Waals surface area (Å²) >= 11 is 0. The van der Waals surface area contributed by atoms with Crippen LogP contribution in [0.1, 0.15) is 36.5 Å². The molecule has 3 aromatic carbocycles. The average Bonchev–Trinajstić information content (AvgIpc) is 2.78. The van der Waals surface area contributed by atoms with Crippen molar-refractivity contribution < 1.29 is 13.2 Å². The van der Waals surface area contributed by atoms with Crippen LogP contribution in [-0.4, -0.2) is 32.8 Å². The summed E-state index contributed by atoms with van der Waals surface area (Å²) in [5.41, 5.74) is 3.53. The summed E-state index contributed by atoms with van der Waals surface area (Å²) in [5.74, 6) is 0.0438. The van der Waals surface area contributed by atoms with Gasteiger partial charge in [-0.25, -0.2) is 8.42 Å². The molecule has 0 aliphatic rings. The average molecular weight is 451 g/mol. The van der Waals surface area contributed by atoms with E-state index in [1.54, 1.807) is 48.3 Å². The maximum atomic E-state index is 13.5. The fourth-order valence-corrected chi connectivity index (χ4v) is 4.78. The van der Waals surface area contributed by atoms with Crippen LogP contribution in [0.2, 0.25) is 0 Å². The van der Waals surface area contributed by atoms with Crippen molar-refractivity contribution in [3.05, 3.63) is 95.6 Å². The van der Waals surface area contributed by atoms with E-state index in [9.17, 15) is 13.2 Å². The summed E-state index contributed by atoms with van der Waals surface area (Å²) in [5, 5.41) is 0. The van der Waals surface area contributed by atoms with Crippen molar-refractivity contribution in [1.82, 2.24) is 4.90 Å². The van der Waals surface area contributed by atoms with Gasteiger partial charge >= 0.3 is 0 Å². The van der Waals surface area contributed by atoms with Gasteiger partial charge in [-0.05, 0) is 48.2 Å². The van der Waals surface area contributed by atoms with E-state index in [4.69, 9.17) is 0 Å². The molecule has 0 spiro atoms. The number of rotatable bonds is 8. The number of hydrogen-bond acceptors (Lipinski definition) is 3. The van der Waals surface area contributed by atoms with Crippen LogP contribution in [0.25, 0.3) is 0 Å². The van der Waals surface area contributed by atoms with Gasteiger partial charge in [0.15, 0.2) is 0 Å². The Morgan fingerprint density at radius 2 is 1.47 bits per heavy atom. The van der Waals surface area contributed by atoms with Gasteiger partial charge in [0, 0.05) is 13.6 Å². The number of aryl methyl sites for hydroxylation is 1. The first kappa shape index (κ1) is 23.5. The quantitative estimate of drug-likeness (QED) is 0.487. The molecule has 0 heterocycles. The molecule has 32 heavy (non-hydrogen) atoms. The lowest BCUT2D eigenvalue weighted by molar-refractivity contribution is -0.128. The Morgan fingerprint density at radius 1 is 0.875 bits per heavy atom. The molecule has 0 aromatic heterocycles. The van der Waals surface area contributed by atoms with Crippen LogP contribution in [0.15, 0.2) is 83.8 Å². The van der Waals surface area contributed by atoms with E-state index in [0.29, 0.717) is 18.2 Å². The molecule has 3 aromatic rings. The van der Waals surface area contributed by atoms with Gasteiger partial charge in [0.05, 0.1) is 10.6 Å². The second-order valence-electron chi connectivity index (χ2n) is 8.31. The molecule has 0 aliphatic heterocycles. The molecule has 0 saturated carbocycles. The Bertz CT molecular complexity index is 1140. The topological polar surface area (TPSA) is 57.7 Å². The lowest BCUT2D eigenvalue weighted by atomic mass is 10.0. The van der Waals surface area contributed by atoms with E-state index >= 15 is 0 Å². The van der Waals surface area contributed by atoms with E-state index in [2.05, 4.69) is 13.8 Å². The van der Waals surface area contributed by atoms with Crippen LogP contribution in [0.4, 0.5) is 5.69 Å². The third kappa shape index (κ3) is 5.56. The first-order chi connectivity index (χ1) is 15.2. The minimum Gasteiger partial charge on any atom is -0.340 e. The van der Waals surface area contributed by atoms with Crippen molar-refractivity contribution in [3.8, 4) is 0 Å². The van der Waals surface area contributed by atoms with E-state index < -0.39 is 10.0 Å². The highest BCUT2D eigenvalue weighted by atomic mass is 32.2. The summed E-state index contributed by atoms with van der Waals surface area (Å²) in [6.07, 6.45) is 0. The lowest BCUT2D eigenvalue weighted by Crippen LogP contribution is -2.41. The summed E-state index contributed by atoms with van der Waals surface area (Å²) in [6.45, 7) is 6.20. The highest BCUT2D eigenvalue weighted by molar-refractivity contribution is 7.92. The van der Waals surface area contributed by atoms with Gasteiger partial charge in [-0.15, -0.1) is 0 Å². The monoisotopic (exact) mass is 450 g/mol. The molecule has 0 N–H and O–H groups in total. The Balaban J connectivity index is 1.92. The van der Waals surface area contributed by atoms with E-state index in [0.717, 1.165) is 16.7 Å². The number of carbonyl (C=O) groups is 1. The second kappa shape index (κ2) is 10.0. The predicted molar refractivity (Wildman–Crippen MR) is 129 cm³/mol. The van der Waals surface area contributed by atoms with Crippen molar-refractivity contribution in [1.29, 1.82) is 0 Å². The fraction of sp³-hybridized carbons (Fsp3) is 0.269. The first-order valence-electron chi connectivity index (χ1n) is 10.7. The molecule has 0 bridgehead atoms. The fourth-order valence-electron chi connectivity index (χ4n) is 3.37. The summed E-state index contributed by atoms with van der Waals surface area (Å²) < 4.78 is 28.3. The number of carbonyl (C=O) groups excluding carboxylic acids is 1. The Hall–Kier alpha value is -3.12. The molecule has 168 valence electrons. The van der Waals surface area contributed by atoms with Gasteiger partial charge in [-0.1, -0.05) is 74.0 Å². The number of likely N-dealkylation sites (N-methyl/N-ethyl adjacent to an activating group) is 1. The maximum Gasteiger partial charge on any atom is 0.264 e. The van der Waals surface area contributed by atoms with Gasteiger partial charge in [-0.3, -0.25) is 9.10 Å². The van der Waals surface area contributed by atoms with Crippen LogP contribution in [0.3, 0.4) is 0 Å². The molecule has 0 saturated heterocycles. The van der Waals surface area contributed by atoms with Gasteiger partial charge in [0.1, 0.15) is 6.54 Å². The highest BCUT2D eigenvalue weighted by Crippen LogP contribution is 2.26. The minimum atomic E-state index is -3.92. The number of anilines is 1. The summed E-state index contributed by atoms with van der Waals surface area (Å²) in [7, 11) is -2.23. The third-order valence-electron chi connectivity index (χ3n) is 5.42. The van der Waals surface area contributed by atoms with Crippen LogP contribution >= 0.6 is 0 Å². The third-order valence-corrected chi connectivity index (χ3v) is 7.21. The zero-order valence-corrected chi connectivity index (χ0v) is 19.8. The van der Waals surface area contributed by atoms with Crippen LogP contribution < -0.4 is 4.31 Å². The first-order valence-corrected chi connectivity index (χ1v) is 12.1. The van der Waals surface area contributed by atoms with Gasteiger partial charge < -0.3 is 4.90 Å². The summed E-state index contributed by atoms with van der Waals surface area (Å²) in [6, 6.07) is 23.7. The number of nitrogens with zero attached hydrogens (tertiary/aromatic N) is 2. The Labute approximate surface area is 191 Å². The molecule has 6 heteroatoms. The maximum absolute atomic E-state index is 13.5. The smallest absolute Gasteiger partial charge is 0.264 e. The molecule has 0 radical (unpaired) electrons. The van der Waals surface area contributed by atoms with Crippen molar-refractivity contribution in [3.63, 3.8) is 0 Å². The number of benzene rings is 3. The summed E-state index contributed by atoms with van der Waals surface area (Å²) in [4.78, 5) is 14.8. The highest BCUT2D eigenvalue weighted by Gasteiger charge is 2.28. The lowest BCUT2D eigenvalue weighted by Gasteiger charge is -2.27. The van der Waals surface area contributed by atoms with Crippen LogP contribution in [0.5, 0.6) is 0 Å². The largest absolute Gasteiger partial charge is 0.340 e. The molecule has 3 rings (SSSR count). The van der Waals surface area contributed by atoms with Crippen molar-refractivity contribution in [2.75, 3.05) is 17.9 Å². The number of sulfonamides is 1. The molecule has 1 amide bonds. The predicted octanol–water partition coefficient (Wildman–Crippen LogP) is 4.97. The second-order valence-corrected chi connectivity index (χ2v) is 10.2. The molecule has 0 fully saturated rings. The van der Waals surface area contributed by atoms with Gasteiger partial charge in [0.25, 0.3) is 10.0 Å². The SMILES string of the molecule is Cc1ccc(S(=O)(=O)N(CC(=O)N(C)Cc2ccccc2)c2ccc(C(C)C)cc2)cc1. The zero-order valence-electron chi connectivity index (χ0n) is 19.0. The standard InChI is InChI=1S/C26H30N2O3S/c1-20(2)23-12-14-24(15-13-23)28(32(30,31)25-16-10-21(3)11-17-25)19-26(29)27(4)18-22-8-6-5-7-9-22/h5-17,20H,18-19H2,1-4H3. The molecule has 0 unspecified atom stereocenters. The number of hydrogen-bond donors (Lipinski definition) is 0. The van der Waals surface area contributed by atoms with Gasteiger partial charge in [-0.2, -0.15) is 0 Å². The van der Waals surface area contributed by atoms with Gasteiger partial charge in [0.2, 0.25) is 5.91 Å². The van der Waals surface area contributed by atoms with E-state index in [-0.39, 0.29) is 17.3 Å². The Morgan fingerprint density at radius 3 is 2.03 bits per heavy atom. The van der Waals surface area contributed by atoms with Crippen molar-refractivity contribution in [2.24, 2.45) is 0 Å².